The van der Waals surface area contributed by atoms with Gasteiger partial charge in [0.05, 0.1) is 6.10 Å². The summed E-state index contributed by atoms with van der Waals surface area (Å²) in [7, 11) is 0. The van der Waals surface area contributed by atoms with Gasteiger partial charge in [-0.25, -0.2) is 0 Å². The SMILES string of the molecule is CC1(C)C2OCCC2C1(N)C(=O)NC1CCCC1. The van der Waals surface area contributed by atoms with Crippen molar-refractivity contribution < 1.29 is 9.53 Å². The number of nitrogens with two attached hydrogens (primary N) is 1. The first-order chi connectivity index (χ1) is 8.48. The Bertz CT molecular complexity index is 363. The Hall–Kier alpha value is -0.610. The summed E-state index contributed by atoms with van der Waals surface area (Å²) in [6, 6.07) is 0.343. The highest BCUT2D eigenvalue weighted by Gasteiger charge is 2.71. The van der Waals surface area contributed by atoms with Crippen LogP contribution in [0.3, 0.4) is 0 Å². The number of amides is 1. The number of ether oxygens (including phenoxy) is 1. The van der Waals surface area contributed by atoms with E-state index in [0.29, 0.717) is 6.04 Å². The minimum atomic E-state index is -0.739. The van der Waals surface area contributed by atoms with Gasteiger partial charge in [-0.1, -0.05) is 26.7 Å². The lowest BCUT2D eigenvalue weighted by Crippen LogP contribution is -2.80. The fourth-order valence-electron chi connectivity index (χ4n) is 4.22. The molecule has 3 aliphatic rings. The number of nitrogens with one attached hydrogen (secondary N) is 1. The predicted octanol–water partition coefficient (Wildman–Crippen LogP) is 1.19. The second-order valence-electron chi connectivity index (χ2n) is 6.73. The zero-order valence-electron chi connectivity index (χ0n) is 11.4. The van der Waals surface area contributed by atoms with Crippen LogP contribution in [-0.4, -0.2) is 30.2 Å². The van der Waals surface area contributed by atoms with Crippen LogP contribution in [0.2, 0.25) is 0 Å². The van der Waals surface area contributed by atoms with Gasteiger partial charge < -0.3 is 15.8 Å². The average Bonchev–Trinajstić information content (AvgIpc) is 2.97. The van der Waals surface area contributed by atoms with Crippen LogP contribution >= 0.6 is 0 Å². The summed E-state index contributed by atoms with van der Waals surface area (Å²) < 4.78 is 5.72. The molecule has 4 heteroatoms. The maximum absolute atomic E-state index is 12.6. The molecule has 0 aromatic heterocycles. The number of hydrogen-bond donors (Lipinski definition) is 2. The van der Waals surface area contributed by atoms with E-state index >= 15 is 0 Å². The van der Waals surface area contributed by atoms with Gasteiger partial charge in [0.2, 0.25) is 5.91 Å². The Morgan fingerprint density at radius 3 is 2.61 bits per heavy atom. The molecule has 102 valence electrons. The van der Waals surface area contributed by atoms with Gasteiger partial charge in [0.25, 0.3) is 0 Å². The third-order valence-electron chi connectivity index (χ3n) is 5.52. The highest BCUT2D eigenvalue weighted by atomic mass is 16.5. The Morgan fingerprint density at radius 1 is 1.28 bits per heavy atom. The van der Waals surface area contributed by atoms with Gasteiger partial charge in [-0.2, -0.15) is 0 Å². The lowest BCUT2D eigenvalue weighted by atomic mass is 9.48. The molecule has 3 rings (SSSR count). The molecule has 2 saturated carbocycles. The van der Waals surface area contributed by atoms with Crippen molar-refractivity contribution in [3.63, 3.8) is 0 Å². The number of fused-ring (bicyclic) bond motifs is 1. The maximum Gasteiger partial charge on any atom is 0.241 e. The molecule has 3 fully saturated rings. The van der Waals surface area contributed by atoms with E-state index in [-0.39, 0.29) is 23.3 Å². The number of carbonyl (C=O) groups excluding carboxylic acids is 1. The van der Waals surface area contributed by atoms with Crippen molar-refractivity contribution in [2.45, 2.75) is 63.6 Å². The van der Waals surface area contributed by atoms with Gasteiger partial charge >= 0.3 is 0 Å². The second kappa shape index (κ2) is 3.94. The van der Waals surface area contributed by atoms with E-state index in [9.17, 15) is 4.79 Å². The lowest BCUT2D eigenvalue weighted by molar-refractivity contribution is -0.175. The highest BCUT2D eigenvalue weighted by molar-refractivity contribution is 5.89. The third-order valence-corrected chi connectivity index (χ3v) is 5.52. The van der Waals surface area contributed by atoms with Crippen LogP contribution in [0.5, 0.6) is 0 Å². The highest BCUT2D eigenvalue weighted by Crippen LogP contribution is 2.58. The van der Waals surface area contributed by atoms with Crippen LogP contribution in [0.1, 0.15) is 46.0 Å². The first-order valence-electron chi connectivity index (χ1n) is 7.19. The topological polar surface area (TPSA) is 64.3 Å². The lowest BCUT2D eigenvalue weighted by Gasteiger charge is -2.60. The van der Waals surface area contributed by atoms with Gasteiger partial charge in [-0.05, 0) is 19.3 Å². The molecular formula is C14H24N2O2. The Labute approximate surface area is 109 Å². The number of rotatable bonds is 2. The van der Waals surface area contributed by atoms with Crippen LogP contribution in [0, 0.1) is 11.3 Å². The smallest absolute Gasteiger partial charge is 0.241 e. The van der Waals surface area contributed by atoms with Crippen molar-refractivity contribution in [2.75, 3.05) is 6.61 Å². The fourth-order valence-corrected chi connectivity index (χ4v) is 4.22. The Balaban J connectivity index is 1.75. The second-order valence-corrected chi connectivity index (χ2v) is 6.73. The molecule has 0 aromatic carbocycles. The first kappa shape index (κ1) is 12.4. The van der Waals surface area contributed by atoms with E-state index in [1.54, 1.807) is 0 Å². The summed E-state index contributed by atoms with van der Waals surface area (Å²) in [5.74, 6) is 0.250. The molecule has 0 bridgehead atoms. The summed E-state index contributed by atoms with van der Waals surface area (Å²) >= 11 is 0. The molecule has 2 aliphatic carbocycles. The Morgan fingerprint density at radius 2 is 1.94 bits per heavy atom. The summed E-state index contributed by atoms with van der Waals surface area (Å²) in [4.78, 5) is 12.6. The molecule has 1 amide bonds. The molecule has 0 radical (unpaired) electrons. The van der Waals surface area contributed by atoms with Gasteiger partial charge in [0.15, 0.2) is 0 Å². The minimum Gasteiger partial charge on any atom is -0.377 e. The van der Waals surface area contributed by atoms with E-state index < -0.39 is 5.54 Å². The largest absolute Gasteiger partial charge is 0.377 e. The minimum absolute atomic E-state index is 0.0474. The maximum atomic E-state index is 12.6. The standard InChI is InChI=1S/C14H24N2O2/c1-13(2)11-10(7-8-18-11)14(13,15)12(17)16-9-5-3-4-6-9/h9-11H,3-8,15H2,1-2H3,(H,16,17). The molecule has 0 aromatic rings. The molecule has 1 aliphatic heterocycles. The van der Waals surface area contributed by atoms with E-state index in [2.05, 4.69) is 19.2 Å². The summed E-state index contributed by atoms with van der Waals surface area (Å²) in [5.41, 5.74) is 5.50. The van der Waals surface area contributed by atoms with E-state index in [1.165, 1.54) is 12.8 Å². The van der Waals surface area contributed by atoms with Gasteiger partial charge in [0, 0.05) is 24.0 Å². The molecule has 3 unspecified atom stereocenters. The molecule has 0 spiro atoms. The third kappa shape index (κ3) is 1.42. The molecule has 18 heavy (non-hydrogen) atoms. The summed E-state index contributed by atoms with van der Waals surface area (Å²) in [6.45, 7) is 4.87. The number of carbonyl (C=O) groups is 1. The summed E-state index contributed by atoms with van der Waals surface area (Å²) in [5, 5.41) is 3.17. The van der Waals surface area contributed by atoms with Crippen molar-refractivity contribution >= 4 is 5.91 Å². The molecular weight excluding hydrogens is 228 g/mol. The van der Waals surface area contributed by atoms with Gasteiger partial charge in [0.1, 0.15) is 5.54 Å². The summed E-state index contributed by atoms with van der Waals surface area (Å²) in [6.07, 6.45) is 5.74. The predicted molar refractivity (Wildman–Crippen MR) is 68.9 cm³/mol. The van der Waals surface area contributed by atoms with E-state index in [0.717, 1.165) is 25.9 Å². The fraction of sp³-hybridized carbons (Fsp3) is 0.929. The monoisotopic (exact) mass is 252 g/mol. The van der Waals surface area contributed by atoms with Crippen LogP contribution in [0.15, 0.2) is 0 Å². The molecule has 1 heterocycles. The quantitative estimate of drug-likeness (QED) is 0.776. The average molecular weight is 252 g/mol. The zero-order valence-corrected chi connectivity index (χ0v) is 11.4. The molecule has 4 nitrogen and oxygen atoms in total. The van der Waals surface area contributed by atoms with Crippen molar-refractivity contribution in [1.29, 1.82) is 0 Å². The Kier molecular flexibility index (Phi) is 2.72. The van der Waals surface area contributed by atoms with Crippen molar-refractivity contribution in [3.05, 3.63) is 0 Å². The first-order valence-corrected chi connectivity index (χ1v) is 7.19. The van der Waals surface area contributed by atoms with E-state index in [1.807, 2.05) is 0 Å². The van der Waals surface area contributed by atoms with Crippen LogP contribution in [-0.2, 0) is 9.53 Å². The van der Waals surface area contributed by atoms with Crippen molar-refractivity contribution in [1.82, 2.24) is 5.32 Å². The molecule has 1 saturated heterocycles. The van der Waals surface area contributed by atoms with Crippen LogP contribution in [0.25, 0.3) is 0 Å². The van der Waals surface area contributed by atoms with Crippen LogP contribution < -0.4 is 11.1 Å². The normalized spacial score (nSPS) is 42.4. The molecule has 3 N–H and O–H groups in total. The van der Waals surface area contributed by atoms with Crippen molar-refractivity contribution in [2.24, 2.45) is 17.1 Å². The van der Waals surface area contributed by atoms with E-state index in [4.69, 9.17) is 10.5 Å². The van der Waals surface area contributed by atoms with Crippen LogP contribution in [0.4, 0.5) is 0 Å². The van der Waals surface area contributed by atoms with Gasteiger partial charge in [-0.3, -0.25) is 4.79 Å². The van der Waals surface area contributed by atoms with Gasteiger partial charge in [-0.15, -0.1) is 0 Å². The zero-order chi connectivity index (χ0) is 13.0. The molecule has 3 atom stereocenters. The van der Waals surface area contributed by atoms with Crippen molar-refractivity contribution in [3.8, 4) is 0 Å². The number of hydrogen-bond acceptors (Lipinski definition) is 3.